The van der Waals surface area contributed by atoms with Gasteiger partial charge in [-0.3, -0.25) is 19.1 Å². The Bertz CT molecular complexity index is 1130. The van der Waals surface area contributed by atoms with Crippen molar-refractivity contribution in [3.8, 4) is 0 Å². The molecule has 1 aromatic carbocycles. The van der Waals surface area contributed by atoms with Crippen LogP contribution in [0.2, 0.25) is 5.15 Å². The Kier molecular flexibility index (Phi) is 7.43. The molecule has 1 fully saturated rings. The molecule has 3 aromatic rings. The van der Waals surface area contributed by atoms with Crippen molar-refractivity contribution in [1.82, 2.24) is 29.4 Å². The number of likely N-dealkylation sites (tertiary alicyclic amines) is 1. The van der Waals surface area contributed by atoms with Gasteiger partial charge in [-0.1, -0.05) is 41.9 Å². The minimum absolute atomic E-state index is 0.0317. The van der Waals surface area contributed by atoms with Crippen molar-refractivity contribution in [2.45, 2.75) is 45.7 Å². The number of hydrogen-bond donors (Lipinski definition) is 0. The van der Waals surface area contributed by atoms with Gasteiger partial charge in [0, 0.05) is 39.3 Å². The van der Waals surface area contributed by atoms with Gasteiger partial charge in [0.2, 0.25) is 0 Å². The summed E-state index contributed by atoms with van der Waals surface area (Å²) in [6, 6.07) is 12.5. The summed E-state index contributed by atoms with van der Waals surface area (Å²) >= 11 is 6.47. The van der Waals surface area contributed by atoms with E-state index in [4.69, 9.17) is 11.6 Å². The summed E-state index contributed by atoms with van der Waals surface area (Å²) in [6.45, 7) is 6.72. The quantitative estimate of drug-likeness (QED) is 0.510. The van der Waals surface area contributed by atoms with Crippen molar-refractivity contribution in [2.24, 2.45) is 20.0 Å². The van der Waals surface area contributed by atoms with Crippen molar-refractivity contribution in [1.29, 1.82) is 0 Å². The number of carbonyl (C=O) groups is 1. The van der Waals surface area contributed by atoms with Gasteiger partial charge in [-0.05, 0) is 63.7 Å². The van der Waals surface area contributed by atoms with Gasteiger partial charge in [0.05, 0.1) is 11.4 Å². The van der Waals surface area contributed by atoms with Crippen LogP contribution in [-0.2, 0) is 27.1 Å². The minimum Gasteiger partial charge on any atom is -0.337 e. The van der Waals surface area contributed by atoms with Crippen LogP contribution in [0, 0.1) is 19.8 Å². The fraction of sp³-hybridized carbons (Fsp3) is 0.500. The van der Waals surface area contributed by atoms with Crippen molar-refractivity contribution in [3.05, 3.63) is 69.8 Å². The van der Waals surface area contributed by atoms with Crippen LogP contribution in [0.25, 0.3) is 0 Å². The number of aryl methyl sites for hydroxylation is 4. The molecule has 34 heavy (non-hydrogen) atoms. The van der Waals surface area contributed by atoms with Crippen LogP contribution in [0.4, 0.5) is 0 Å². The van der Waals surface area contributed by atoms with Crippen LogP contribution in [0.3, 0.4) is 0 Å². The maximum absolute atomic E-state index is 13.5. The molecule has 1 saturated heterocycles. The molecule has 1 aliphatic heterocycles. The van der Waals surface area contributed by atoms with E-state index in [9.17, 15) is 4.79 Å². The van der Waals surface area contributed by atoms with E-state index >= 15 is 0 Å². The van der Waals surface area contributed by atoms with E-state index in [1.165, 1.54) is 5.56 Å². The first-order valence-corrected chi connectivity index (χ1v) is 12.3. The fourth-order valence-corrected chi connectivity index (χ4v) is 5.42. The first-order chi connectivity index (χ1) is 16.2. The summed E-state index contributed by atoms with van der Waals surface area (Å²) in [7, 11) is 5.67. The summed E-state index contributed by atoms with van der Waals surface area (Å²) in [4.78, 5) is 17.9. The van der Waals surface area contributed by atoms with E-state index < -0.39 is 0 Å². The number of aromatic nitrogens is 4. The highest BCUT2D eigenvalue weighted by molar-refractivity contribution is 6.30. The lowest BCUT2D eigenvalue weighted by Gasteiger charge is -2.40. The largest absolute Gasteiger partial charge is 0.337 e. The lowest BCUT2D eigenvalue weighted by Crippen LogP contribution is -2.47. The Balaban J connectivity index is 1.49. The Morgan fingerprint density at radius 2 is 1.79 bits per heavy atom. The third kappa shape index (κ3) is 5.20. The first kappa shape index (κ1) is 24.5. The monoisotopic (exact) mass is 482 g/mol. The highest BCUT2D eigenvalue weighted by Gasteiger charge is 2.33. The van der Waals surface area contributed by atoms with Gasteiger partial charge in [0.25, 0.3) is 5.91 Å². The number of amides is 1. The SMILES string of the molecule is Cc1cc(C(=O)N(C)C(Cc2ccccc2)C2CCN(Cc3c(C)nn(C)c3Cl)CC2)n(C)n1. The van der Waals surface area contributed by atoms with Crippen molar-refractivity contribution >= 4 is 17.5 Å². The molecule has 0 radical (unpaired) electrons. The predicted molar refractivity (Wildman–Crippen MR) is 135 cm³/mol. The number of rotatable bonds is 7. The summed E-state index contributed by atoms with van der Waals surface area (Å²) < 4.78 is 3.44. The lowest BCUT2D eigenvalue weighted by molar-refractivity contribution is 0.0574. The fourth-order valence-electron chi connectivity index (χ4n) is 5.19. The van der Waals surface area contributed by atoms with Crippen molar-refractivity contribution in [3.63, 3.8) is 0 Å². The number of benzene rings is 1. The molecule has 0 N–H and O–H groups in total. The minimum atomic E-state index is 0.0317. The zero-order chi connectivity index (χ0) is 24.4. The molecule has 182 valence electrons. The van der Waals surface area contributed by atoms with Crippen LogP contribution in [0.15, 0.2) is 36.4 Å². The molecule has 2 aromatic heterocycles. The molecular weight excluding hydrogens is 448 g/mol. The molecule has 1 aliphatic rings. The van der Waals surface area contributed by atoms with Crippen molar-refractivity contribution < 1.29 is 4.79 Å². The average Bonchev–Trinajstić information content (AvgIpc) is 3.29. The number of likely N-dealkylation sites (N-methyl/N-ethyl adjacent to an activating group) is 1. The second-order valence-electron chi connectivity index (χ2n) is 9.56. The normalized spacial score (nSPS) is 16.1. The van der Waals surface area contributed by atoms with Crippen LogP contribution < -0.4 is 0 Å². The summed E-state index contributed by atoms with van der Waals surface area (Å²) in [5, 5.41) is 9.55. The van der Waals surface area contributed by atoms with Crippen LogP contribution in [0.5, 0.6) is 0 Å². The Labute approximate surface area is 207 Å². The van der Waals surface area contributed by atoms with Crippen LogP contribution in [-0.4, -0.2) is 61.4 Å². The number of nitrogens with zero attached hydrogens (tertiary/aromatic N) is 6. The van der Waals surface area contributed by atoms with Gasteiger partial charge in [-0.25, -0.2) is 0 Å². The summed E-state index contributed by atoms with van der Waals surface area (Å²) in [5.74, 6) is 0.453. The molecule has 0 aliphatic carbocycles. The Morgan fingerprint density at radius 1 is 1.12 bits per heavy atom. The smallest absolute Gasteiger partial charge is 0.272 e. The molecule has 1 unspecified atom stereocenters. The maximum Gasteiger partial charge on any atom is 0.272 e. The highest BCUT2D eigenvalue weighted by atomic mass is 35.5. The number of carbonyl (C=O) groups excluding carboxylic acids is 1. The van der Waals surface area contributed by atoms with Gasteiger partial charge in [-0.15, -0.1) is 0 Å². The van der Waals surface area contributed by atoms with E-state index in [-0.39, 0.29) is 11.9 Å². The molecule has 8 heteroatoms. The van der Waals surface area contributed by atoms with Gasteiger partial charge in [0.1, 0.15) is 10.8 Å². The third-order valence-electron chi connectivity index (χ3n) is 7.15. The van der Waals surface area contributed by atoms with E-state index in [0.29, 0.717) is 11.6 Å². The zero-order valence-corrected chi connectivity index (χ0v) is 21.6. The van der Waals surface area contributed by atoms with E-state index in [1.54, 1.807) is 9.36 Å². The first-order valence-electron chi connectivity index (χ1n) is 12.0. The number of halogens is 1. The van der Waals surface area contributed by atoms with E-state index in [1.807, 2.05) is 52.0 Å². The van der Waals surface area contributed by atoms with Gasteiger partial charge in [0.15, 0.2) is 0 Å². The maximum atomic E-state index is 13.5. The molecule has 0 spiro atoms. The predicted octanol–water partition coefficient (Wildman–Crippen LogP) is 4.02. The standard InChI is InChI=1S/C26H35ClN6O/c1-18-15-24(31(4)28-18)26(34)30(3)23(16-20-9-7-6-8-10-20)21-11-13-33(14-12-21)17-22-19(2)29-32(5)25(22)27/h6-10,15,21,23H,11-14,16-17H2,1-5H3. The van der Waals surface area contributed by atoms with E-state index in [2.05, 4.69) is 39.4 Å². The topological polar surface area (TPSA) is 59.2 Å². The molecule has 4 rings (SSSR count). The van der Waals surface area contributed by atoms with Gasteiger partial charge < -0.3 is 4.90 Å². The Hall–Kier alpha value is -2.64. The average molecular weight is 483 g/mol. The second-order valence-corrected chi connectivity index (χ2v) is 9.92. The second kappa shape index (κ2) is 10.3. The summed E-state index contributed by atoms with van der Waals surface area (Å²) in [5.41, 5.74) is 4.86. The van der Waals surface area contributed by atoms with Crippen molar-refractivity contribution in [2.75, 3.05) is 20.1 Å². The molecule has 3 heterocycles. The van der Waals surface area contributed by atoms with Gasteiger partial charge >= 0.3 is 0 Å². The lowest BCUT2D eigenvalue weighted by atomic mass is 9.84. The van der Waals surface area contributed by atoms with Gasteiger partial charge in [-0.2, -0.15) is 10.2 Å². The zero-order valence-electron chi connectivity index (χ0n) is 20.8. The van der Waals surface area contributed by atoms with Crippen LogP contribution in [0.1, 0.15) is 45.8 Å². The highest BCUT2D eigenvalue weighted by Crippen LogP contribution is 2.29. The molecular formula is C26H35ClN6O. The summed E-state index contributed by atoms with van der Waals surface area (Å²) in [6.07, 6.45) is 2.92. The molecule has 7 nitrogen and oxygen atoms in total. The molecule has 1 amide bonds. The molecule has 1 atom stereocenters. The Morgan fingerprint density at radius 3 is 2.35 bits per heavy atom. The van der Waals surface area contributed by atoms with Crippen LogP contribution >= 0.6 is 11.6 Å². The molecule has 0 saturated carbocycles. The van der Waals surface area contributed by atoms with E-state index in [0.717, 1.165) is 61.0 Å². The number of hydrogen-bond acceptors (Lipinski definition) is 4. The molecule has 0 bridgehead atoms. The third-order valence-corrected chi connectivity index (χ3v) is 7.63. The number of piperidine rings is 1.